The molecule has 0 amide bonds. The number of hydrogen-bond donors (Lipinski definition) is 0. The van der Waals surface area contributed by atoms with E-state index in [4.69, 9.17) is 0 Å². The standard InChI is InChI=1S/C19H17N2/c1-14-6-5-8-16-10-11-18(21(14)16)19-17-9-4-3-7-15(17)12-13-20(19)2/h3-13H,1-2H3/q+1. The van der Waals surface area contributed by atoms with Gasteiger partial charge >= 0.3 is 0 Å². The molecule has 2 heteroatoms. The molecule has 4 aromatic rings. The van der Waals surface area contributed by atoms with E-state index in [0.717, 1.165) is 0 Å². The first kappa shape index (κ1) is 12.2. The van der Waals surface area contributed by atoms with Crippen molar-refractivity contribution in [1.82, 2.24) is 4.40 Å². The van der Waals surface area contributed by atoms with E-state index < -0.39 is 0 Å². The van der Waals surface area contributed by atoms with Crippen LogP contribution in [0.3, 0.4) is 0 Å². The topological polar surface area (TPSA) is 8.29 Å². The minimum Gasteiger partial charge on any atom is -0.309 e. The lowest BCUT2D eigenvalue weighted by Crippen LogP contribution is -2.31. The molecular formula is C19H17N2+. The highest BCUT2D eigenvalue weighted by molar-refractivity contribution is 5.92. The van der Waals surface area contributed by atoms with Gasteiger partial charge in [-0.15, -0.1) is 0 Å². The molecule has 3 heterocycles. The summed E-state index contributed by atoms with van der Waals surface area (Å²) in [5, 5.41) is 2.56. The van der Waals surface area contributed by atoms with Crippen molar-refractivity contribution >= 4 is 16.3 Å². The summed E-state index contributed by atoms with van der Waals surface area (Å²) in [5.74, 6) is 0. The van der Waals surface area contributed by atoms with Crippen LogP contribution in [0.1, 0.15) is 5.69 Å². The zero-order valence-corrected chi connectivity index (χ0v) is 12.2. The number of aromatic nitrogens is 2. The minimum atomic E-state index is 1.23. The van der Waals surface area contributed by atoms with Gasteiger partial charge in [0.2, 0.25) is 5.69 Å². The molecule has 0 saturated heterocycles. The van der Waals surface area contributed by atoms with Crippen LogP contribution >= 0.6 is 0 Å². The average Bonchev–Trinajstić information content (AvgIpc) is 2.92. The lowest BCUT2D eigenvalue weighted by molar-refractivity contribution is -0.659. The zero-order valence-electron chi connectivity index (χ0n) is 12.2. The van der Waals surface area contributed by atoms with Crippen LogP contribution < -0.4 is 4.57 Å². The van der Waals surface area contributed by atoms with Crippen LogP contribution in [-0.2, 0) is 7.05 Å². The Morgan fingerprint density at radius 3 is 2.62 bits per heavy atom. The first-order valence-electron chi connectivity index (χ1n) is 7.20. The molecule has 0 N–H and O–H groups in total. The molecule has 0 aliphatic rings. The summed E-state index contributed by atoms with van der Waals surface area (Å²) in [5.41, 5.74) is 4.98. The Morgan fingerprint density at radius 1 is 0.857 bits per heavy atom. The molecule has 0 unspecified atom stereocenters. The SMILES string of the molecule is Cc1cccc2ccc(-c3c4ccccc4cc[n+]3C)n12. The lowest BCUT2D eigenvalue weighted by Gasteiger charge is -2.08. The second kappa shape index (κ2) is 4.45. The first-order chi connectivity index (χ1) is 10.3. The van der Waals surface area contributed by atoms with Gasteiger partial charge in [-0.05, 0) is 42.6 Å². The Hall–Kier alpha value is -2.61. The van der Waals surface area contributed by atoms with Crippen molar-refractivity contribution in [2.75, 3.05) is 0 Å². The molecule has 1 aromatic carbocycles. The largest absolute Gasteiger partial charge is 0.309 e. The molecule has 0 fully saturated rings. The Balaban J connectivity index is 2.16. The maximum atomic E-state index is 2.32. The number of fused-ring (bicyclic) bond motifs is 2. The molecular weight excluding hydrogens is 256 g/mol. The van der Waals surface area contributed by atoms with Crippen LogP contribution in [0.25, 0.3) is 27.7 Å². The van der Waals surface area contributed by atoms with Crippen molar-refractivity contribution in [3.05, 3.63) is 72.6 Å². The normalized spacial score (nSPS) is 11.3. The minimum absolute atomic E-state index is 1.23. The van der Waals surface area contributed by atoms with Gasteiger partial charge in [0.15, 0.2) is 6.20 Å². The highest BCUT2D eigenvalue weighted by Gasteiger charge is 2.18. The molecule has 102 valence electrons. The molecule has 0 spiro atoms. The van der Waals surface area contributed by atoms with E-state index in [1.54, 1.807) is 0 Å². The van der Waals surface area contributed by atoms with E-state index in [0.29, 0.717) is 0 Å². The maximum absolute atomic E-state index is 2.32. The van der Waals surface area contributed by atoms with Crippen molar-refractivity contribution in [2.24, 2.45) is 7.05 Å². The third kappa shape index (κ3) is 1.76. The molecule has 0 saturated carbocycles. The van der Waals surface area contributed by atoms with Crippen molar-refractivity contribution in [1.29, 1.82) is 0 Å². The molecule has 21 heavy (non-hydrogen) atoms. The van der Waals surface area contributed by atoms with Gasteiger partial charge in [-0.25, -0.2) is 0 Å². The van der Waals surface area contributed by atoms with Crippen molar-refractivity contribution in [3.63, 3.8) is 0 Å². The lowest BCUT2D eigenvalue weighted by atomic mass is 10.1. The highest BCUT2D eigenvalue weighted by Crippen LogP contribution is 2.27. The molecule has 4 rings (SSSR count). The van der Waals surface area contributed by atoms with Crippen LogP contribution in [0.4, 0.5) is 0 Å². The summed E-state index contributed by atoms with van der Waals surface area (Å²) in [6.07, 6.45) is 2.13. The summed E-state index contributed by atoms with van der Waals surface area (Å²) in [7, 11) is 2.11. The van der Waals surface area contributed by atoms with Gasteiger partial charge in [0, 0.05) is 17.3 Å². The van der Waals surface area contributed by atoms with Gasteiger partial charge in [0.1, 0.15) is 12.7 Å². The Morgan fingerprint density at radius 2 is 1.71 bits per heavy atom. The predicted molar refractivity (Wildman–Crippen MR) is 86.3 cm³/mol. The van der Waals surface area contributed by atoms with E-state index >= 15 is 0 Å². The number of benzene rings is 1. The fourth-order valence-corrected chi connectivity index (χ4v) is 3.15. The summed E-state index contributed by atoms with van der Waals surface area (Å²) in [6, 6.07) is 21.5. The molecule has 0 atom stereocenters. The maximum Gasteiger partial charge on any atom is 0.237 e. The van der Waals surface area contributed by atoms with Crippen molar-refractivity contribution in [2.45, 2.75) is 6.92 Å². The molecule has 2 nitrogen and oxygen atoms in total. The fraction of sp³-hybridized carbons (Fsp3) is 0.105. The third-order valence-electron chi connectivity index (χ3n) is 4.16. The first-order valence-corrected chi connectivity index (χ1v) is 7.20. The smallest absolute Gasteiger partial charge is 0.237 e. The number of aryl methyl sites for hydroxylation is 2. The summed E-state index contributed by atoms with van der Waals surface area (Å²) >= 11 is 0. The second-order valence-corrected chi connectivity index (χ2v) is 5.51. The summed E-state index contributed by atoms with van der Waals surface area (Å²) in [4.78, 5) is 0. The quantitative estimate of drug-likeness (QED) is 0.465. The second-order valence-electron chi connectivity index (χ2n) is 5.51. The van der Waals surface area contributed by atoms with Gasteiger partial charge in [0.05, 0.1) is 5.39 Å². The number of hydrogen-bond acceptors (Lipinski definition) is 0. The van der Waals surface area contributed by atoms with E-state index in [1.165, 1.54) is 33.4 Å². The summed E-state index contributed by atoms with van der Waals surface area (Å²) < 4.78 is 4.53. The van der Waals surface area contributed by atoms with Gasteiger partial charge in [-0.1, -0.05) is 24.3 Å². The fourth-order valence-electron chi connectivity index (χ4n) is 3.15. The van der Waals surface area contributed by atoms with Crippen molar-refractivity contribution < 1.29 is 4.57 Å². The van der Waals surface area contributed by atoms with Crippen molar-refractivity contribution in [3.8, 4) is 11.4 Å². The monoisotopic (exact) mass is 273 g/mol. The van der Waals surface area contributed by atoms with Crippen LogP contribution in [0.2, 0.25) is 0 Å². The molecule has 0 aliphatic heterocycles. The molecule has 0 bridgehead atoms. The molecule has 0 aliphatic carbocycles. The van der Waals surface area contributed by atoms with Gasteiger partial charge in [0.25, 0.3) is 0 Å². The Kier molecular flexibility index (Phi) is 2.58. The van der Waals surface area contributed by atoms with Crippen LogP contribution in [0.5, 0.6) is 0 Å². The zero-order chi connectivity index (χ0) is 14.4. The summed E-state index contributed by atoms with van der Waals surface area (Å²) in [6.45, 7) is 2.15. The van der Waals surface area contributed by atoms with E-state index in [2.05, 4.69) is 89.8 Å². The van der Waals surface area contributed by atoms with Crippen LogP contribution in [0.15, 0.2) is 66.9 Å². The van der Waals surface area contributed by atoms with Crippen LogP contribution in [0, 0.1) is 6.92 Å². The Bertz CT molecular complexity index is 964. The van der Waals surface area contributed by atoms with Gasteiger partial charge in [-0.3, -0.25) is 0 Å². The van der Waals surface area contributed by atoms with Gasteiger partial charge < -0.3 is 4.40 Å². The number of rotatable bonds is 1. The average molecular weight is 273 g/mol. The predicted octanol–water partition coefficient (Wildman–Crippen LogP) is 3.89. The van der Waals surface area contributed by atoms with E-state index in [9.17, 15) is 0 Å². The number of pyridine rings is 2. The Labute approximate surface area is 123 Å². The highest BCUT2D eigenvalue weighted by atomic mass is 15.0. The van der Waals surface area contributed by atoms with E-state index in [1.807, 2.05) is 0 Å². The van der Waals surface area contributed by atoms with Gasteiger partial charge in [-0.2, -0.15) is 4.57 Å². The van der Waals surface area contributed by atoms with E-state index in [-0.39, 0.29) is 0 Å². The third-order valence-corrected chi connectivity index (χ3v) is 4.16. The van der Waals surface area contributed by atoms with Crippen LogP contribution in [-0.4, -0.2) is 4.40 Å². The number of nitrogens with zero attached hydrogens (tertiary/aromatic N) is 2. The molecule has 0 radical (unpaired) electrons. The molecule has 3 aromatic heterocycles.